The minimum atomic E-state index is -0.554. The number of ether oxygens (including phenoxy) is 1. The van der Waals surface area contributed by atoms with Crippen LogP contribution in [-0.4, -0.2) is 112 Å². The average Bonchev–Trinajstić information content (AvgIpc) is 2.71. The van der Waals surface area contributed by atoms with Gasteiger partial charge in [0.25, 0.3) is 0 Å². The van der Waals surface area contributed by atoms with Crippen molar-refractivity contribution in [2.75, 3.05) is 79.2 Å². The van der Waals surface area contributed by atoms with Gasteiger partial charge >= 0.3 is 0 Å². The van der Waals surface area contributed by atoms with Gasteiger partial charge in [-0.15, -0.1) is 24.0 Å². The van der Waals surface area contributed by atoms with E-state index in [0.717, 1.165) is 38.7 Å². The predicted octanol–water partition coefficient (Wildman–Crippen LogP) is -0.181. The molecule has 0 radical (unpaired) electrons. The Kier molecular flexibility index (Phi) is 11.2. The number of piperazine rings is 1. The van der Waals surface area contributed by atoms with E-state index in [9.17, 15) is 9.59 Å². The Bertz CT molecular complexity index is 558. The Morgan fingerprint density at radius 3 is 2.21 bits per heavy atom. The number of amides is 2. The molecule has 2 heterocycles. The summed E-state index contributed by atoms with van der Waals surface area (Å²) in [6.45, 7) is 13.4. The Morgan fingerprint density at radius 1 is 1.03 bits per heavy atom. The molecule has 9 nitrogen and oxygen atoms in total. The van der Waals surface area contributed by atoms with Crippen LogP contribution in [-0.2, 0) is 14.3 Å². The van der Waals surface area contributed by atoms with Gasteiger partial charge in [0.15, 0.2) is 5.96 Å². The monoisotopic (exact) mass is 524 g/mol. The summed E-state index contributed by atoms with van der Waals surface area (Å²) >= 11 is 0. The second-order valence-electron chi connectivity index (χ2n) is 7.89. The van der Waals surface area contributed by atoms with Gasteiger partial charge in [-0.25, -0.2) is 0 Å². The first-order chi connectivity index (χ1) is 13.4. The Labute approximate surface area is 191 Å². The van der Waals surface area contributed by atoms with E-state index in [1.165, 1.54) is 0 Å². The van der Waals surface area contributed by atoms with E-state index in [1.807, 2.05) is 25.7 Å². The first-order valence-corrected chi connectivity index (χ1v) is 10.2. The molecule has 2 rings (SSSR count). The van der Waals surface area contributed by atoms with E-state index in [0.29, 0.717) is 39.4 Å². The topological polar surface area (TPSA) is 89.5 Å². The van der Waals surface area contributed by atoms with Crippen LogP contribution >= 0.6 is 24.0 Å². The standard InChI is InChI=1S/C19H36N6O3.HI/c1-5-21-18(22-15-19(2,3)17(27)20-4)25-8-6-23(7-9-25)14-16(26)24-10-12-28-13-11-24;/h5-15H2,1-4H3,(H,20,27)(H,21,22);1H. The van der Waals surface area contributed by atoms with Crippen LogP contribution in [0.25, 0.3) is 0 Å². The van der Waals surface area contributed by atoms with E-state index in [1.54, 1.807) is 7.05 Å². The highest BCUT2D eigenvalue weighted by atomic mass is 127. The molecule has 0 aromatic carbocycles. The number of nitrogens with zero attached hydrogens (tertiary/aromatic N) is 4. The Balaban J connectivity index is 0.00000420. The van der Waals surface area contributed by atoms with E-state index in [-0.39, 0.29) is 35.8 Å². The van der Waals surface area contributed by atoms with Crippen molar-refractivity contribution >= 4 is 41.8 Å². The predicted molar refractivity (Wildman–Crippen MR) is 125 cm³/mol. The van der Waals surface area contributed by atoms with Crippen molar-refractivity contribution in [2.24, 2.45) is 10.4 Å². The number of nitrogens with one attached hydrogen (secondary N) is 2. The summed E-state index contributed by atoms with van der Waals surface area (Å²) in [4.78, 5) is 35.4. The number of morpholine rings is 1. The molecular formula is C19H37IN6O3. The first-order valence-electron chi connectivity index (χ1n) is 10.2. The van der Waals surface area contributed by atoms with Crippen molar-refractivity contribution < 1.29 is 14.3 Å². The number of rotatable bonds is 6. The van der Waals surface area contributed by atoms with Crippen LogP contribution in [0.15, 0.2) is 4.99 Å². The molecule has 2 aliphatic heterocycles. The number of hydrogen-bond acceptors (Lipinski definition) is 5. The molecule has 2 fully saturated rings. The van der Waals surface area contributed by atoms with Crippen molar-refractivity contribution in [2.45, 2.75) is 20.8 Å². The molecule has 168 valence electrons. The highest BCUT2D eigenvalue weighted by molar-refractivity contribution is 14.0. The van der Waals surface area contributed by atoms with Crippen molar-refractivity contribution in [3.05, 3.63) is 0 Å². The van der Waals surface area contributed by atoms with E-state index in [4.69, 9.17) is 9.73 Å². The SMILES string of the molecule is CCNC(=NCC(C)(C)C(=O)NC)N1CCN(CC(=O)N2CCOCC2)CC1.I. The highest BCUT2D eigenvalue weighted by Crippen LogP contribution is 2.16. The summed E-state index contributed by atoms with van der Waals surface area (Å²) in [5, 5.41) is 6.02. The van der Waals surface area contributed by atoms with Gasteiger partial charge in [0, 0.05) is 52.9 Å². The molecule has 0 bridgehead atoms. The highest BCUT2D eigenvalue weighted by Gasteiger charge is 2.28. The molecular weight excluding hydrogens is 487 g/mol. The third kappa shape index (κ3) is 7.89. The zero-order valence-corrected chi connectivity index (χ0v) is 20.5. The lowest BCUT2D eigenvalue weighted by molar-refractivity contribution is -0.136. The van der Waals surface area contributed by atoms with E-state index >= 15 is 0 Å². The van der Waals surface area contributed by atoms with Crippen molar-refractivity contribution in [1.29, 1.82) is 0 Å². The minimum Gasteiger partial charge on any atom is -0.378 e. The van der Waals surface area contributed by atoms with E-state index < -0.39 is 5.41 Å². The van der Waals surface area contributed by atoms with Crippen LogP contribution in [0.4, 0.5) is 0 Å². The Hall–Kier alpha value is -1.14. The zero-order chi connectivity index (χ0) is 20.6. The molecule has 0 aromatic rings. The fraction of sp³-hybridized carbons (Fsp3) is 0.842. The smallest absolute Gasteiger partial charge is 0.236 e. The third-order valence-electron chi connectivity index (χ3n) is 5.20. The van der Waals surface area contributed by atoms with Crippen LogP contribution in [0, 0.1) is 5.41 Å². The maximum absolute atomic E-state index is 12.4. The fourth-order valence-electron chi connectivity index (χ4n) is 3.33. The van der Waals surface area contributed by atoms with Crippen LogP contribution < -0.4 is 10.6 Å². The average molecular weight is 524 g/mol. The number of carbonyl (C=O) groups excluding carboxylic acids is 2. The summed E-state index contributed by atoms with van der Waals surface area (Å²) in [6.07, 6.45) is 0. The zero-order valence-electron chi connectivity index (χ0n) is 18.2. The molecule has 29 heavy (non-hydrogen) atoms. The summed E-state index contributed by atoms with van der Waals surface area (Å²) in [5.41, 5.74) is -0.554. The molecule has 2 amide bonds. The van der Waals surface area contributed by atoms with Crippen LogP contribution in [0.2, 0.25) is 0 Å². The fourth-order valence-corrected chi connectivity index (χ4v) is 3.33. The van der Waals surface area contributed by atoms with Crippen molar-refractivity contribution in [3.63, 3.8) is 0 Å². The quantitative estimate of drug-likeness (QED) is 0.285. The minimum absolute atomic E-state index is 0. The molecule has 0 aromatic heterocycles. The lowest BCUT2D eigenvalue weighted by atomic mass is 9.93. The number of hydrogen-bond donors (Lipinski definition) is 2. The lowest BCUT2D eigenvalue weighted by Gasteiger charge is -2.37. The van der Waals surface area contributed by atoms with Gasteiger partial charge in [0.05, 0.1) is 31.7 Å². The number of halogens is 1. The maximum atomic E-state index is 12.4. The normalized spacial score (nSPS) is 18.8. The van der Waals surface area contributed by atoms with E-state index in [2.05, 4.69) is 20.4 Å². The maximum Gasteiger partial charge on any atom is 0.236 e. The van der Waals surface area contributed by atoms with Crippen LogP contribution in [0.3, 0.4) is 0 Å². The largest absolute Gasteiger partial charge is 0.378 e. The lowest BCUT2D eigenvalue weighted by Crippen LogP contribution is -2.55. The first kappa shape index (κ1) is 25.9. The Morgan fingerprint density at radius 2 is 1.66 bits per heavy atom. The van der Waals surface area contributed by atoms with Gasteiger partial charge in [0.1, 0.15) is 0 Å². The summed E-state index contributed by atoms with van der Waals surface area (Å²) in [7, 11) is 1.65. The van der Waals surface area contributed by atoms with Crippen LogP contribution in [0.1, 0.15) is 20.8 Å². The van der Waals surface area contributed by atoms with Gasteiger partial charge < -0.3 is 25.2 Å². The summed E-state index contributed by atoms with van der Waals surface area (Å²) < 4.78 is 5.31. The molecule has 0 saturated carbocycles. The second kappa shape index (κ2) is 12.5. The van der Waals surface area contributed by atoms with Gasteiger partial charge in [-0.05, 0) is 20.8 Å². The number of carbonyl (C=O) groups is 2. The molecule has 2 saturated heterocycles. The molecule has 0 unspecified atom stereocenters. The molecule has 0 atom stereocenters. The molecule has 0 aliphatic carbocycles. The number of guanidine groups is 1. The third-order valence-corrected chi connectivity index (χ3v) is 5.20. The van der Waals surface area contributed by atoms with Gasteiger partial charge in [-0.3, -0.25) is 19.5 Å². The summed E-state index contributed by atoms with van der Waals surface area (Å²) in [6, 6.07) is 0. The second-order valence-corrected chi connectivity index (χ2v) is 7.89. The summed E-state index contributed by atoms with van der Waals surface area (Å²) in [5.74, 6) is 1.00. The van der Waals surface area contributed by atoms with Crippen LogP contribution in [0.5, 0.6) is 0 Å². The van der Waals surface area contributed by atoms with Gasteiger partial charge in [-0.2, -0.15) is 0 Å². The van der Waals surface area contributed by atoms with Gasteiger partial charge in [0.2, 0.25) is 11.8 Å². The number of aliphatic imine (C=N–C) groups is 1. The molecule has 0 spiro atoms. The van der Waals surface area contributed by atoms with Gasteiger partial charge in [-0.1, -0.05) is 0 Å². The van der Waals surface area contributed by atoms with Crippen molar-refractivity contribution in [1.82, 2.24) is 25.3 Å². The molecule has 2 N–H and O–H groups in total. The molecule has 10 heteroatoms. The molecule has 2 aliphatic rings. The van der Waals surface area contributed by atoms with Crippen molar-refractivity contribution in [3.8, 4) is 0 Å².